The van der Waals surface area contributed by atoms with Gasteiger partial charge in [0.1, 0.15) is 5.75 Å². The van der Waals surface area contributed by atoms with Crippen LogP contribution in [-0.4, -0.2) is 25.2 Å². The van der Waals surface area contributed by atoms with Crippen molar-refractivity contribution in [1.82, 2.24) is 4.98 Å². The molecule has 1 aromatic heterocycles. The van der Waals surface area contributed by atoms with Crippen molar-refractivity contribution in [3.8, 4) is 5.75 Å². The van der Waals surface area contributed by atoms with Crippen LogP contribution < -0.4 is 15.4 Å². The van der Waals surface area contributed by atoms with Crippen molar-refractivity contribution in [2.45, 2.75) is 19.8 Å². The molecular weight excluding hydrogens is 262 g/mol. The lowest BCUT2D eigenvalue weighted by atomic mass is 10.2. The Balaban J connectivity index is 2.03. The Labute approximate surface area is 126 Å². The van der Waals surface area contributed by atoms with Gasteiger partial charge in [0, 0.05) is 31.9 Å². The number of anilines is 2. The average Bonchev–Trinajstić information content (AvgIpc) is 2.52. The quantitative estimate of drug-likeness (QED) is 0.794. The van der Waals surface area contributed by atoms with Crippen LogP contribution in [0.4, 0.5) is 11.4 Å². The van der Waals surface area contributed by atoms with Crippen LogP contribution >= 0.6 is 0 Å². The summed E-state index contributed by atoms with van der Waals surface area (Å²) in [6, 6.07) is 11.9. The van der Waals surface area contributed by atoms with E-state index in [0.29, 0.717) is 12.3 Å². The number of ether oxygens (including phenoxy) is 1. The fourth-order valence-corrected chi connectivity index (χ4v) is 2.15. The van der Waals surface area contributed by atoms with Gasteiger partial charge in [0.25, 0.3) is 0 Å². The molecule has 0 unspecified atom stereocenters. The molecule has 1 heterocycles. The number of likely N-dealkylation sites (N-methyl/N-ethyl adjacent to an activating group) is 1. The molecule has 112 valence electrons. The highest BCUT2D eigenvalue weighted by atomic mass is 16.5. The highest BCUT2D eigenvalue weighted by Crippen LogP contribution is 2.31. The zero-order valence-electron chi connectivity index (χ0n) is 12.7. The molecular formula is C17H23N3O. The molecule has 0 fully saturated rings. The lowest BCUT2D eigenvalue weighted by molar-refractivity contribution is 0.319. The lowest BCUT2D eigenvalue weighted by Crippen LogP contribution is -2.22. The second-order valence-corrected chi connectivity index (χ2v) is 5.03. The van der Waals surface area contributed by atoms with Crippen molar-refractivity contribution in [3.63, 3.8) is 0 Å². The second kappa shape index (κ2) is 7.53. The van der Waals surface area contributed by atoms with Gasteiger partial charge in [0.2, 0.25) is 0 Å². The van der Waals surface area contributed by atoms with Crippen LogP contribution in [0.2, 0.25) is 0 Å². The molecule has 0 aliphatic heterocycles. The predicted molar refractivity (Wildman–Crippen MR) is 87.9 cm³/mol. The van der Waals surface area contributed by atoms with Crippen LogP contribution in [0.3, 0.4) is 0 Å². The minimum absolute atomic E-state index is 0.686. The van der Waals surface area contributed by atoms with Gasteiger partial charge in [0.15, 0.2) is 0 Å². The summed E-state index contributed by atoms with van der Waals surface area (Å²) >= 11 is 0. The van der Waals surface area contributed by atoms with E-state index in [0.717, 1.165) is 36.5 Å². The van der Waals surface area contributed by atoms with Gasteiger partial charge in [-0.1, -0.05) is 19.1 Å². The second-order valence-electron chi connectivity index (χ2n) is 5.03. The van der Waals surface area contributed by atoms with Gasteiger partial charge in [-0.3, -0.25) is 4.98 Å². The van der Waals surface area contributed by atoms with Crippen LogP contribution in [0.15, 0.2) is 42.6 Å². The largest absolute Gasteiger partial charge is 0.491 e. The molecule has 0 atom stereocenters. The van der Waals surface area contributed by atoms with E-state index in [9.17, 15) is 0 Å². The van der Waals surface area contributed by atoms with Crippen LogP contribution in [-0.2, 0) is 6.42 Å². The molecule has 0 bridgehead atoms. The Bertz CT molecular complexity index is 557. The predicted octanol–water partition coefficient (Wildman–Crippen LogP) is 3.13. The van der Waals surface area contributed by atoms with E-state index in [2.05, 4.69) is 16.8 Å². The molecule has 21 heavy (non-hydrogen) atoms. The minimum Gasteiger partial charge on any atom is -0.491 e. The standard InChI is InChI=1S/C17H23N3O/c1-3-13-21-16-9-6-8-15(17(16)18)20(2)12-10-14-7-4-5-11-19-14/h4-9,11H,3,10,12-13,18H2,1-2H3. The van der Waals surface area contributed by atoms with Crippen molar-refractivity contribution in [2.24, 2.45) is 0 Å². The molecule has 0 aliphatic carbocycles. The summed E-state index contributed by atoms with van der Waals surface area (Å²) in [7, 11) is 2.04. The first-order chi connectivity index (χ1) is 10.2. The lowest BCUT2D eigenvalue weighted by Gasteiger charge is -2.22. The normalized spacial score (nSPS) is 10.4. The maximum Gasteiger partial charge on any atom is 0.144 e. The van der Waals surface area contributed by atoms with Crippen molar-refractivity contribution in [3.05, 3.63) is 48.3 Å². The fourth-order valence-electron chi connectivity index (χ4n) is 2.15. The molecule has 0 saturated heterocycles. The van der Waals surface area contributed by atoms with E-state index in [-0.39, 0.29) is 0 Å². The van der Waals surface area contributed by atoms with E-state index >= 15 is 0 Å². The summed E-state index contributed by atoms with van der Waals surface area (Å²) in [5.74, 6) is 0.763. The average molecular weight is 285 g/mol. The summed E-state index contributed by atoms with van der Waals surface area (Å²) in [4.78, 5) is 6.48. The first kappa shape index (κ1) is 15.2. The zero-order chi connectivity index (χ0) is 15.1. The number of aromatic nitrogens is 1. The number of benzene rings is 1. The molecule has 0 spiro atoms. The summed E-state index contributed by atoms with van der Waals surface area (Å²) < 4.78 is 5.68. The first-order valence-electron chi connectivity index (χ1n) is 7.34. The van der Waals surface area contributed by atoms with Crippen LogP contribution in [0.5, 0.6) is 5.75 Å². The van der Waals surface area contributed by atoms with Gasteiger partial charge >= 0.3 is 0 Å². The summed E-state index contributed by atoms with van der Waals surface area (Å²) in [5.41, 5.74) is 9.00. The van der Waals surface area contributed by atoms with E-state index in [1.165, 1.54) is 0 Å². The summed E-state index contributed by atoms with van der Waals surface area (Å²) in [6.45, 7) is 3.63. The van der Waals surface area contributed by atoms with Crippen molar-refractivity contribution in [1.29, 1.82) is 0 Å². The molecule has 0 amide bonds. The molecule has 4 heteroatoms. The molecule has 2 rings (SSSR count). The third kappa shape index (κ3) is 4.12. The van der Waals surface area contributed by atoms with Gasteiger partial charge in [-0.25, -0.2) is 0 Å². The van der Waals surface area contributed by atoms with Gasteiger partial charge in [-0.2, -0.15) is 0 Å². The Kier molecular flexibility index (Phi) is 5.43. The number of nitrogen functional groups attached to an aromatic ring is 1. The third-order valence-corrected chi connectivity index (χ3v) is 3.35. The summed E-state index contributed by atoms with van der Waals surface area (Å²) in [5, 5.41) is 0. The molecule has 0 aliphatic rings. The van der Waals surface area contributed by atoms with Gasteiger partial charge in [-0.15, -0.1) is 0 Å². The van der Waals surface area contributed by atoms with E-state index < -0.39 is 0 Å². The maximum absolute atomic E-state index is 6.21. The monoisotopic (exact) mass is 285 g/mol. The van der Waals surface area contributed by atoms with Crippen LogP contribution in [0.25, 0.3) is 0 Å². The molecule has 0 saturated carbocycles. The van der Waals surface area contributed by atoms with Crippen LogP contribution in [0, 0.1) is 0 Å². The van der Waals surface area contributed by atoms with E-state index in [4.69, 9.17) is 10.5 Å². The fraction of sp³-hybridized carbons (Fsp3) is 0.353. The minimum atomic E-state index is 0.686. The molecule has 2 aromatic rings. The Morgan fingerprint density at radius 1 is 1.19 bits per heavy atom. The highest BCUT2D eigenvalue weighted by Gasteiger charge is 2.10. The highest BCUT2D eigenvalue weighted by molar-refractivity contribution is 5.73. The number of nitrogens with two attached hydrogens (primary N) is 1. The van der Waals surface area contributed by atoms with Gasteiger partial charge < -0.3 is 15.4 Å². The maximum atomic E-state index is 6.21. The molecule has 0 radical (unpaired) electrons. The van der Waals surface area contributed by atoms with Gasteiger partial charge in [0.05, 0.1) is 18.0 Å². The molecule has 1 aromatic carbocycles. The van der Waals surface area contributed by atoms with Crippen molar-refractivity contribution >= 4 is 11.4 Å². The van der Waals surface area contributed by atoms with Crippen molar-refractivity contribution in [2.75, 3.05) is 30.8 Å². The van der Waals surface area contributed by atoms with E-state index in [1.807, 2.05) is 49.6 Å². The number of para-hydroxylation sites is 1. The molecule has 4 nitrogen and oxygen atoms in total. The number of pyridine rings is 1. The number of hydrogen-bond donors (Lipinski definition) is 1. The smallest absolute Gasteiger partial charge is 0.144 e. The third-order valence-electron chi connectivity index (χ3n) is 3.35. The topological polar surface area (TPSA) is 51.4 Å². The van der Waals surface area contributed by atoms with Crippen molar-refractivity contribution < 1.29 is 4.74 Å². The Hall–Kier alpha value is -2.23. The SMILES string of the molecule is CCCOc1cccc(N(C)CCc2ccccn2)c1N. The van der Waals surface area contributed by atoms with E-state index in [1.54, 1.807) is 0 Å². The van der Waals surface area contributed by atoms with Gasteiger partial charge in [-0.05, 0) is 30.7 Å². The van der Waals surface area contributed by atoms with Crippen LogP contribution in [0.1, 0.15) is 19.0 Å². The first-order valence-corrected chi connectivity index (χ1v) is 7.34. The Morgan fingerprint density at radius 2 is 2.05 bits per heavy atom. The zero-order valence-corrected chi connectivity index (χ0v) is 12.7. The number of rotatable bonds is 7. The number of hydrogen-bond acceptors (Lipinski definition) is 4. The molecule has 2 N–H and O–H groups in total. The summed E-state index contributed by atoms with van der Waals surface area (Å²) in [6.07, 6.45) is 3.68. The number of nitrogens with zero attached hydrogens (tertiary/aromatic N) is 2. The Morgan fingerprint density at radius 3 is 2.76 bits per heavy atom.